The Hall–Kier alpha value is 3.15. The van der Waals surface area contributed by atoms with Gasteiger partial charge in [0, 0.05) is 0 Å². The first-order valence-electron chi connectivity index (χ1n) is 5.93. The lowest BCUT2D eigenvalue weighted by Gasteiger charge is -2.14. The van der Waals surface area contributed by atoms with Crippen molar-refractivity contribution in [3.05, 3.63) is 0 Å². The molecule has 0 bridgehead atoms. The molecule has 1 nitrogen and oxygen atoms in total. The molecule has 0 aromatic heterocycles. The third-order valence-corrected chi connectivity index (χ3v) is 12.1. The molecular weight excluding hydrogens is 508 g/mol. The zero-order chi connectivity index (χ0) is 16.8. The van der Waals surface area contributed by atoms with Gasteiger partial charge in [0.1, 0.15) is 0 Å². The normalized spacial score (nSPS) is 13.1. The lowest BCUT2D eigenvalue weighted by Crippen LogP contribution is -2.20. The molecule has 0 spiro atoms. The maximum absolute atomic E-state index is 5.85. The van der Waals surface area contributed by atoms with Crippen molar-refractivity contribution in [3.8, 4) is 0 Å². The van der Waals surface area contributed by atoms with Crippen molar-refractivity contribution < 1.29 is 5.48 Å². The smallest absolute Gasteiger partial charge is 0.248 e. The highest BCUT2D eigenvalue weighted by molar-refractivity contribution is 7.48. The minimum absolute atomic E-state index is 0. The molecule has 13 heteroatoms. The molecule has 0 unspecified atom stereocenters. The minimum atomic E-state index is -1.96. The number of hydrogen-bond donors (Lipinski definition) is 0. The largest absolute Gasteiger partial charge is 0.412 e. The number of rotatable bonds is 6. The molecule has 0 heterocycles. The highest BCUT2D eigenvalue weighted by Gasteiger charge is 2.29. The molecule has 0 aliphatic rings. The quantitative estimate of drug-likeness (QED) is 0.254. The Morgan fingerprint density at radius 1 is 0.429 bits per heavy atom. The van der Waals surface area contributed by atoms with Crippen LogP contribution < -0.4 is 0 Å². The van der Waals surface area contributed by atoms with Crippen LogP contribution in [0.1, 0.15) is 0 Å². The first kappa shape index (κ1) is 28.9. The second-order valence-corrected chi connectivity index (χ2v) is 38.2. The van der Waals surface area contributed by atoms with E-state index in [4.69, 9.17) is 88.6 Å². The molecular formula is C8H22Cl8OSi4. The predicted octanol–water partition coefficient (Wildman–Crippen LogP) is 7.35. The third-order valence-electron chi connectivity index (χ3n) is 2.01. The van der Waals surface area contributed by atoms with Gasteiger partial charge in [-0.1, -0.05) is 0 Å². The van der Waals surface area contributed by atoms with Gasteiger partial charge in [0.2, 0.25) is 26.8 Å². The number of hydrogen-bond acceptors (Lipinski definition) is 0. The fourth-order valence-electron chi connectivity index (χ4n) is 0.878. The Bertz CT molecular complexity index is 211. The average Bonchev–Trinajstić information content (AvgIpc) is 2.09. The fraction of sp³-hybridized carbons (Fsp3) is 1.00. The van der Waals surface area contributed by atoms with Gasteiger partial charge in [0.25, 0.3) is 0 Å². The summed E-state index contributed by atoms with van der Waals surface area (Å²) < 4.78 is 0. The van der Waals surface area contributed by atoms with Crippen LogP contribution in [-0.4, -0.2) is 32.2 Å². The van der Waals surface area contributed by atoms with Gasteiger partial charge in [-0.25, -0.2) is 0 Å². The van der Waals surface area contributed by atoms with Crippen LogP contribution in [-0.2, 0) is 0 Å². The summed E-state index contributed by atoms with van der Waals surface area (Å²) in [6.45, 7) is -0.311. The Labute approximate surface area is 169 Å². The highest BCUT2D eigenvalue weighted by atomic mass is 35.7. The van der Waals surface area contributed by atoms with Gasteiger partial charge in [0.05, 0.1) is 0 Å². The molecule has 0 fully saturated rings. The lowest BCUT2D eigenvalue weighted by molar-refractivity contribution is 0.824. The molecule has 0 radical (unpaired) electrons. The van der Waals surface area contributed by atoms with Crippen LogP contribution in [0.15, 0.2) is 0 Å². The number of halogens is 8. The predicted molar refractivity (Wildman–Crippen MR) is 116 cm³/mol. The maximum Gasteiger partial charge on any atom is 0.248 e. The fourth-order valence-corrected chi connectivity index (χ4v) is 14.7. The minimum Gasteiger partial charge on any atom is -0.412 e. The second-order valence-electron chi connectivity index (χ2n) is 5.28. The highest BCUT2D eigenvalue weighted by Crippen LogP contribution is 2.30. The van der Waals surface area contributed by atoms with Gasteiger partial charge < -0.3 is 5.48 Å². The maximum atomic E-state index is 5.85. The van der Waals surface area contributed by atoms with Crippen molar-refractivity contribution >= 4 is 115 Å². The molecule has 0 amide bonds. The zero-order valence-electron chi connectivity index (χ0n) is 12.4. The Balaban J connectivity index is -0.000000295. The van der Waals surface area contributed by atoms with E-state index in [0.717, 1.165) is 24.2 Å². The van der Waals surface area contributed by atoms with Crippen LogP contribution in [0.25, 0.3) is 0 Å². The van der Waals surface area contributed by atoms with Crippen molar-refractivity contribution in [3.63, 3.8) is 0 Å². The first-order valence-corrected chi connectivity index (χ1v) is 24.8. The van der Waals surface area contributed by atoms with Gasteiger partial charge in [-0.05, 0) is 50.4 Å². The van der Waals surface area contributed by atoms with E-state index in [1.165, 1.54) is 0 Å². The monoisotopic (exact) mass is 526 g/mol. The topological polar surface area (TPSA) is 31.5 Å². The zero-order valence-corrected chi connectivity index (χ0v) is 22.4. The average molecular weight is 530 g/mol. The van der Waals surface area contributed by atoms with E-state index < -0.39 is 26.8 Å². The van der Waals surface area contributed by atoms with Crippen LogP contribution in [0.2, 0.25) is 50.4 Å². The standard InChI is InChI=1S/2C4H10Cl4Si2.H2O/c2*1-9(5,6)3-4-10(2,7)8;/h2*3-4H2,1-2H3;1H2. The second kappa shape index (κ2) is 11.7. The van der Waals surface area contributed by atoms with E-state index in [1.807, 2.05) is 26.2 Å². The molecule has 0 rings (SSSR count). The molecule has 0 aromatic rings. The van der Waals surface area contributed by atoms with Gasteiger partial charge in [-0.3, -0.25) is 0 Å². The summed E-state index contributed by atoms with van der Waals surface area (Å²) in [5.74, 6) is 0. The summed E-state index contributed by atoms with van der Waals surface area (Å²) >= 11 is 46.8. The molecule has 132 valence electrons. The Morgan fingerprint density at radius 3 is 0.571 bits per heavy atom. The van der Waals surface area contributed by atoms with E-state index in [0.29, 0.717) is 0 Å². The molecule has 2 N–H and O–H groups in total. The lowest BCUT2D eigenvalue weighted by atomic mass is 10.9. The molecule has 0 aliphatic carbocycles. The molecule has 21 heavy (non-hydrogen) atoms. The summed E-state index contributed by atoms with van der Waals surface area (Å²) in [6.07, 6.45) is 0. The molecule has 0 aliphatic heterocycles. The van der Waals surface area contributed by atoms with E-state index in [9.17, 15) is 0 Å². The SMILES string of the molecule is C[Si](Cl)(Cl)CC[Si](C)(Cl)Cl.C[Si](Cl)(Cl)CC[Si](C)(Cl)Cl.O. The van der Waals surface area contributed by atoms with Crippen LogP contribution in [0.5, 0.6) is 0 Å². The molecule has 0 saturated carbocycles. The van der Waals surface area contributed by atoms with E-state index in [2.05, 4.69) is 0 Å². The van der Waals surface area contributed by atoms with Gasteiger partial charge in [-0.15, -0.1) is 88.6 Å². The summed E-state index contributed by atoms with van der Waals surface area (Å²) in [6, 6.07) is 3.19. The first-order chi connectivity index (χ1) is 8.41. The van der Waals surface area contributed by atoms with Gasteiger partial charge in [-0.2, -0.15) is 0 Å². The molecule has 0 saturated heterocycles. The summed E-state index contributed by atoms with van der Waals surface area (Å²) in [5, 5.41) is 0. The summed E-state index contributed by atoms with van der Waals surface area (Å²) in [5.41, 5.74) is 0. The van der Waals surface area contributed by atoms with E-state index >= 15 is 0 Å². The van der Waals surface area contributed by atoms with Crippen LogP contribution in [0, 0.1) is 0 Å². The van der Waals surface area contributed by atoms with E-state index in [1.54, 1.807) is 0 Å². The van der Waals surface area contributed by atoms with E-state index in [-0.39, 0.29) is 5.48 Å². The molecule has 0 aromatic carbocycles. The summed E-state index contributed by atoms with van der Waals surface area (Å²) in [4.78, 5) is 0. The molecule has 0 atom stereocenters. The van der Waals surface area contributed by atoms with Crippen molar-refractivity contribution in [2.24, 2.45) is 0 Å². The van der Waals surface area contributed by atoms with Crippen LogP contribution in [0.3, 0.4) is 0 Å². The van der Waals surface area contributed by atoms with Gasteiger partial charge >= 0.3 is 0 Å². The Kier molecular flexibility index (Phi) is 16.1. The summed E-state index contributed by atoms with van der Waals surface area (Å²) in [7, 11) is 0. The van der Waals surface area contributed by atoms with Crippen molar-refractivity contribution in [1.82, 2.24) is 0 Å². The van der Waals surface area contributed by atoms with Crippen LogP contribution in [0.4, 0.5) is 0 Å². The van der Waals surface area contributed by atoms with Crippen molar-refractivity contribution in [2.45, 2.75) is 50.4 Å². The third kappa shape index (κ3) is 35.2. The van der Waals surface area contributed by atoms with Crippen molar-refractivity contribution in [1.29, 1.82) is 0 Å². The van der Waals surface area contributed by atoms with Crippen LogP contribution >= 0.6 is 88.6 Å². The Morgan fingerprint density at radius 2 is 0.524 bits per heavy atom. The van der Waals surface area contributed by atoms with Crippen molar-refractivity contribution in [2.75, 3.05) is 0 Å². The van der Waals surface area contributed by atoms with Gasteiger partial charge in [0.15, 0.2) is 0 Å².